The van der Waals surface area contributed by atoms with Crippen LogP contribution in [0.4, 0.5) is 0 Å². The van der Waals surface area contributed by atoms with Crippen molar-refractivity contribution in [3.63, 3.8) is 0 Å². The number of hydrogen-bond acceptors (Lipinski definition) is 4. The van der Waals surface area contributed by atoms with Gasteiger partial charge in [-0.1, -0.05) is 0 Å². The summed E-state index contributed by atoms with van der Waals surface area (Å²) in [6.07, 6.45) is 9.39. The van der Waals surface area contributed by atoms with Crippen molar-refractivity contribution in [3.05, 3.63) is 36.4 Å². The lowest BCUT2D eigenvalue weighted by Crippen LogP contribution is -2.36. The molecule has 0 spiro atoms. The molecule has 0 radical (unpaired) electrons. The van der Waals surface area contributed by atoms with Gasteiger partial charge in [0, 0.05) is 57.4 Å². The Kier molecular flexibility index (Phi) is 5.11. The standard InChI is InChI=1S/C19H27N3O2/c1-2-19-18(20-5-7-22(19)6-1)12-17-14-21(8-11-24-15-17)13-16-3-9-23-10-4-16/h1-2,5-7,16-17H,3-4,8-15H2/t17-/m0/s1. The molecule has 1 atom stereocenters. The molecular weight excluding hydrogens is 302 g/mol. The summed E-state index contributed by atoms with van der Waals surface area (Å²) in [5.41, 5.74) is 2.40. The number of rotatable bonds is 4. The van der Waals surface area contributed by atoms with Crippen LogP contribution in [0.3, 0.4) is 0 Å². The molecule has 0 aromatic carbocycles. The van der Waals surface area contributed by atoms with Crippen LogP contribution < -0.4 is 0 Å². The minimum absolute atomic E-state index is 0.515. The van der Waals surface area contributed by atoms with Gasteiger partial charge in [0.1, 0.15) is 0 Å². The Morgan fingerprint density at radius 1 is 1.08 bits per heavy atom. The van der Waals surface area contributed by atoms with E-state index in [1.807, 2.05) is 12.4 Å². The van der Waals surface area contributed by atoms with Crippen LogP contribution in [0.25, 0.3) is 5.52 Å². The van der Waals surface area contributed by atoms with Gasteiger partial charge in [0.25, 0.3) is 0 Å². The lowest BCUT2D eigenvalue weighted by molar-refractivity contribution is 0.0512. The maximum absolute atomic E-state index is 5.89. The van der Waals surface area contributed by atoms with Crippen molar-refractivity contribution < 1.29 is 9.47 Å². The van der Waals surface area contributed by atoms with Gasteiger partial charge in [0.05, 0.1) is 24.4 Å². The van der Waals surface area contributed by atoms with Gasteiger partial charge in [-0.05, 0) is 37.3 Å². The second-order valence-corrected chi connectivity index (χ2v) is 7.14. The highest BCUT2D eigenvalue weighted by molar-refractivity contribution is 5.52. The molecule has 2 saturated heterocycles. The molecule has 0 unspecified atom stereocenters. The molecule has 5 nitrogen and oxygen atoms in total. The van der Waals surface area contributed by atoms with E-state index in [4.69, 9.17) is 9.47 Å². The van der Waals surface area contributed by atoms with Crippen molar-refractivity contribution in [1.82, 2.24) is 14.3 Å². The SMILES string of the molecule is c1cc2c(C[C@@H]3COCCN(CC4CCOCC4)C3)nccn2c1. The first-order valence-electron chi connectivity index (χ1n) is 9.17. The van der Waals surface area contributed by atoms with E-state index in [0.29, 0.717) is 5.92 Å². The van der Waals surface area contributed by atoms with Crippen LogP contribution in [-0.4, -0.2) is 60.3 Å². The Bertz CT molecular complexity index is 651. The molecule has 0 saturated carbocycles. The summed E-state index contributed by atoms with van der Waals surface area (Å²) in [6.45, 7) is 6.90. The molecule has 24 heavy (non-hydrogen) atoms. The van der Waals surface area contributed by atoms with Gasteiger partial charge in [0.2, 0.25) is 0 Å². The molecule has 2 aliphatic heterocycles. The highest BCUT2D eigenvalue weighted by Gasteiger charge is 2.23. The first-order chi connectivity index (χ1) is 11.9. The van der Waals surface area contributed by atoms with Crippen LogP contribution in [0, 0.1) is 11.8 Å². The summed E-state index contributed by atoms with van der Waals surface area (Å²) in [6, 6.07) is 4.24. The topological polar surface area (TPSA) is 39.0 Å². The predicted molar refractivity (Wildman–Crippen MR) is 93.2 cm³/mol. The number of ether oxygens (including phenoxy) is 2. The van der Waals surface area contributed by atoms with Gasteiger partial charge in [0.15, 0.2) is 0 Å². The normalized spacial score (nSPS) is 24.2. The minimum atomic E-state index is 0.515. The Morgan fingerprint density at radius 2 is 2.00 bits per heavy atom. The van der Waals surface area contributed by atoms with Gasteiger partial charge in [-0.2, -0.15) is 0 Å². The molecule has 0 amide bonds. The van der Waals surface area contributed by atoms with Crippen LogP contribution in [0.1, 0.15) is 18.5 Å². The smallest absolute Gasteiger partial charge is 0.0666 e. The summed E-state index contributed by atoms with van der Waals surface area (Å²) >= 11 is 0. The van der Waals surface area contributed by atoms with Gasteiger partial charge >= 0.3 is 0 Å². The fraction of sp³-hybridized carbons (Fsp3) is 0.632. The molecule has 2 aliphatic rings. The average molecular weight is 329 g/mol. The number of aromatic nitrogens is 2. The van der Waals surface area contributed by atoms with Gasteiger partial charge in [-0.25, -0.2) is 0 Å². The van der Waals surface area contributed by atoms with Crippen LogP contribution in [0.5, 0.6) is 0 Å². The Morgan fingerprint density at radius 3 is 2.92 bits per heavy atom. The molecule has 2 aromatic rings. The third-order valence-corrected chi connectivity index (χ3v) is 5.29. The molecule has 5 heteroatoms. The van der Waals surface area contributed by atoms with Gasteiger partial charge in [-0.3, -0.25) is 4.98 Å². The second kappa shape index (κ2) is 7.64. The maximum atomic E-state index is 5.89. The summed E-state index contributed by atoms with van der Waals surface area (Å²) in [5, 5.41) is 0. The Hall–Kier alpha value is -1.43. The molecule has 4 heterocycles. The van der Waals surface area contributed by atoms with E-state index >= 15 is 0 Å². The highest BCUT2D eigenvalue weighted by atomic mass is 16.5. The minimum Gasteiger partial charge on any atom is -0.381 e. The monoisotopic (exact) mass is 329 g/mol. The van der Waals surface area contributed by atoms with Crippen molar-refractivity contribution in [2.45, 2.75) is 19.3 Å². The zero-order valence-electron chi connectivity index (χ0n) is 14.3. The van der Waals surface area contributed by atoms with Gasteiger partial charge < -0.3 is 18.8 Å². The molecule has 2 aromatic heterocycles. The third-order valence-electron chi connectivity index (χ3n) is 5.29. The van der Waals surface area contributed by atoms with E-state index in [2.05, 4.69) is 32.6 Å². The molecule has 2 fully saturated rings. The summed E-state index contributed by atoms with van der Waals surface area (Å²) < 4.78 is 13.5. The maximum Gasteiger partial charge on any atom is 0.0666 e. The summed E-state index contributed by atoms with van der Waals surface area (Å²) in [7, 11) is 0. The quantitative estimate of drug-likeness (QED) is 0.862. The lowest BCUT2D eigenvalue weighted by Gasteiger charge is -2.30. The molecule has 4 rings (SSSR count). The summed E-state index contributed by atoms with van der Waals surface area (Å²) in [4.78, 5) is 7.24. The molecule has 0 N–H and O–H groups in total. The third kappa shape index (κ3) is 3.79. The van der Waals surface area contributed by atoms with E-state index < -0.39 is 0 Å². The predicted octanol–water partition coefficient (Wildman–Crippen LogP) is 2.25. The Balaban J connectivity index is 1.41. The number of nitrogens with zero attached hydrogens (tertiary/aromatic N) is 3. The van der Waals surface area contributed by atoms with E-state index in [9.17, 15) is 0 Å². The first kappa shape index (κ1) is 16.1. The van der Waals surface area contributed by atoms with Crippen LogP contribution in [-0.2, 0) is 15.9 Å². The number of fused-ring (bicyclic) bond motifs is 1. The number of hydrogen-bond donors (Lipinski definition) is 0. The van der Waals surface area contributed by atoms with Gasteiger partial charge in [-0.15, -0.1) is 0 Å². The largest absolute Gasteiger partial charge is 0.381 e. The van der Waals surface area contributed by atoms with Crippen molar-refractivity contribution >= 4 is 5.52 Å². The zero-order valence-corrected chi connectivity index (χ0v) is 14.3. The highest BCUT2D eigenvalue weighted by Crippen LogP contribution is 2.20. The Labute approximate surface area is 143 Å². The van der Waals surface area contributed by atoms with E-state index in [1.165, 1.54) is 30.6 Å². The zero-order chi connectivity index (χ0) is 16.2. The van der Waals surface area contributed by atoms with Crippen molar-refractivity contribution in [1.29, 1.82) is 0 Å². The van der Waals surface area contributed by atoms with E-state index in [1.54, 1.807) is 0 Å². The van der Waals surface area contributed by atoms with Crippen molar-refractivity contribution in [2.24, 2.45) is 11.8 Å². The van der Waals surface area contributed by atoms with E-state index in [0.717, 1.165) is 51.9 Å². The van der Waals surface area contributed by atoms with Crippen LogP contribution in [0.2, 0.25) is 0 Å². The molecular formula is C19H27N3O2. The summed E-state index contributed by atoms with van der Waals surface area (Å²) in [5.74, 6) is 1.30. The lowest BCUT2D eigenvalue weighted by atomic mass is 9.98. The first-order valence-corrected chi connectivity index (χ1v) is 9.17. The molecule has 130 valence electrons. The van der Waals surface area contributed by atoms with Crippen molar-refractivity contribution in [2.75, 3.05) is 46.1 Å². The molecule has 0 bridgehead atoms. The van der Waals surface area contributed by atoms with Crippen LogP contribution in [0.15, 0.2) is 30.7 Å². The van der Waals surface area contributed by atoms with E-state index in [-0.39, 0.29) is 0 Å². The molecule has 0 aliphatic carbocycles. The van der Waals surface area contributed by atoms with Crippen LogP contribution >= 0.6 is 0 Å². The second-order valence-electron chi connectivity index (χ2n) is 7.14. The fourth-order valence-electron chi connectivity index (χ4n) is 4.00. The fourth-order valence-corrected chi connectivity index (χ4v) is 4.00. The van der Waals surface area contributed by atoms with Crippen molar-refractivity contribution in [3.8, 4) is 0 Å². The average Bonchev–Trinajstić information content (AvgIpc) is 2.99.